The Kier molecular flexibility index (Phi) is 4.15. The van der Waals surface area contributed by atoms with Gasteiger partial charge < -0.3 is 15.3 Å². The lowest BCUT2D eigenvalue weighted by Crippen LogP contribution is -2.69. The number of rotatable bonds is 2. The molecule has 4 rings (SSSR count). The zero-order chi connectivity index (χ0) is 20.7. The van der Waals surface area contributed by atoms with Crippen molar-refractivity contribution in [2.24, 2.45) is 28.6 Å². The average Bonchev–Trinajstić information content (AvgIpc) is 2.84. The monoisotopic (exact) mass is 392 g/mol. The first-order valence-electron chi connectivity index (χ1n) is 10.1. The van der Waals surface area contributed by atoms with Gasteiger partial charge in [-0.3, -0.25) is 9.59 Å². The summed E-state index contributed by atoms with van der Waals surface area (Å²) >= 11 is 0. The van der Waals surface area contributed by atoms with E-state index >= 15 is 4.39 Å². The molecule has 3 N–H and O–H groups in total. The number of ketones is 2. The zero-order valence-electron chi connectivity index (χ0n) is 16.6. The Morgan fingerprint density at radius 3 is 2.64 bits per heavy atom. The summed E-state index contributed by atoms with van der Waals surface area (Å²) in [4.78, 5) is 24.4. The van der Waals surface area contributed by atoms with E-state index in [1.165, 1.54) is 12.2 Å². The van der Waals surface area contributed by atoms with Gasteiger partial charge in [0.25, 0.3) is 0 Å². The number of aliphatic hydroxyl groups excluding tert-OH is 2. The highest BCUT2D eigenvalue weighted by atomic mass is 19.1. The van der Waals surface area contributed by atoms with Gasteiger partial charge in [-0.1, -0.05) is 25.5 Å². The summed E-state index contributed by atoms with van der Waals surface area (Å²) < 4.78 is 16.9. The van der Waals surface area contributed by atoms with Gasteiger partial charge in [0.05, 0.1) is 6.10 Å². The van der Waals surface area contributed by atoms with Gasteiger partial charge in [-0.25, -0.2) is 4.39 Å². The lowest BCUT2D eigenvalue weighted by Gasteiger charge is -2.62. The predicted molar refractivity (Wildman–Crippen MR) is 99.9 cm³/mol. The molecule has 6 heteroatoms. The Bertz CT molecular complexity index is 805. The van der Waals surface area contributed by atoms with Crippen molar-refractivity contribution in [1.82, 2.24) is 0 Å². The zero-order valence-corrected chi connectivity index (χ0v) is 16.6. The molecule has 0 radical (unpaired) electrons. The van der Waals surface area contributed by atoms with E-state index < -0.39 is 52.4 Å². The van der Waals surface area contributed by atoms with Crippen LogP contribution in [0.15, 0.2) is 23.8 Å². The number of Topliss-reactive ketones (excluding diaryl/α,β-unsaturated/α-hetero) is 1. The fraction of sp³-hybridized carbons (Fsp3) is 0.727. The molecule has 8 atom stereocenters. The molecular formula is C22H29FO5. The van der Waals surface area contributed by atoms with Gasteiger partial charge in [0, 0.05) is 16.7 Å². The lowest BCUT2D eigenvalue weighted by molar-refractivity contribution is -0.219. The first kappa shape index (κ1) is 19.9. The molecule has 0 amide bonds. The van der Waals surface area contributed by atoms with Crippen molar-refractivity contribution in [2.75, 3.05) is 6.61 Å². The quantitative estimate of drug-likeness (QED) is 0.667. The molecule has 28 heavy (non-hydrogen) atoms. The number of carbonyl (C=O) groups excluding carboxylic acids is 2. The van der Waals surface area contributed by atoms with Crippen LogP contribution in [0, 0.1) is 28.6 Å². The van der Waals surface area contributed by atoms with E-state index in [-0.39, 0.29) is 18.1 Å². The number of halogens is 1. The van der Waals surface area contributed by atoms with Gasteiger partial charge >= 0.3 is 0 Å². The van der Waals surface area contributed by atoms with Crippen LogP contribution in [0.1, 0.15) is 46.5 Å². The van der Waals surface area contributed by atoms with E-state index in [0.717, 1.165) is 0 Å². The standard InChI is InChI=1S/C22H29FO5/c1-12-8-16-15-5-4-13-9-14(25)6-7-19(13,2)21(15,23)17(26)10-20(16,3)22(12,28)18(27)11-24/h6-7,9,12,15-17,24,26,28H,4-5,8,10-11H2,1-3H3/t12-,15+,16-,17+,19+,20+,21-,22-/m0/s1. The minimum absolute atomic E-state index is 0.0676. The molecule has 0 aromatic rings. The van der Waals surface area contributed by atoms with Crippen molar-refractivity contribution < 1.29 is 29.3 Å². The van der Waals surface area contributed by atoms with Crippen LogP contribution in [0.3, 0.4) is 0 Å². The van der Waals surface area contributed by atoms with E-state index in [4.69, 9.17) is 0 Å². The Labute approximate surface area is 164 Å². The molecule has 154 valence electrons. The molecule has 3 fully saturated rings. The molecule has 0 heterocycles. The molecule has 0 spiro atoms. The summed E-state index contributed by atoms with van der Waals surface area (Å²) in [5.41, 5.74) is -5.17. The van der Waals surface area contributed by atoms with Crippen molar-refractivity contribution in [3.63, 3.8) is 0 Å². The fourth-order valence-electron chi connectivity index (χ4n) is 7.26. The number of aliphatic hydroxyl groups is 3. The van der Waals surface area contributed by atoms with E-state index in [2.05, 4.69) is 0 Å². The van der Waals surface area contributed by atoms with E-state index in [1.807, 2.05) is 0 Å². The van der Waals surface area contributed by atoms with Gasteiger partial charge in [-0.15, -0.1) is 0 Å². The highest BCUT2D eigenvalue weighted by Gasteiger charge is 2.75. The maximum atomic E-state index is 16.9. The Morgan fingerprint density at radius 1 is 1.32 bits per heavy atom. The van der Waals surface area contributed by atoms with Crippen molar-refractivity contribution in [1.29, 1.82) is 0 Å². The van der Waals surface area contributed by atoms with Gasteiger partial charge in [0.2, 0.25) is 0 Å². The third-order valence-electron chi connectivity index (χ3n) is 8.79. The summed E-state index contributed by atoms with van der Waals surface area (Å²) in [6, 6.07) is 0. The Hall–Kier alpha value is -1.37. The SMILES string of the molecule is C[C@H]1C[C@H]2[C@H]3CCC4=CC(=O)C=C[C@@]4(C)[C@@]3(F)[C@H](O)C[C@@]2(C)[C@@]1(O)C(=O)CO. The number of hydrogen-bond donors (Lipinski definition) is 3. The van der Waals surface area contributed by atoms with Crippen molar-refractivity contribution in [3.05, 3.63) is 23.8 Å². The fourth-order valence-corrected chi connectivity index (χ4v) is 7.26. The van der Waals surface area contributed by atoms with Crippen LogP contribution in [0.4, 0.5) is 4.39 Å². The molecular weight excluding hydrogens is 363 g/mol. The molecule has 0 unspecified atom stereocenters. The minimum Gasteiger partial charge on any atom is -0.390 e. The van der Waals surface area contributed by atoms with Gasteiger partial charge in [0.1, 0.15) is 12.2 Å². The van der Waals surface area contributed by atoms with Crippen LogP contribution in [0.5, 0.6) is 0 Å². The maximum Gasteiger partial charge on any atom is 0.190 e. The smallest absolute Gasteiger partial charge is 0.190 e. The summed E-state index contributed by atoms with van der Waals surface area (Å²) in [7, 11) is 0. The van der Waals surface area contributed by atoms with Crippen LogP contribution in [-0.2, 0) is 9.59 Å². The maximum absolute atomic E-state index is 16.9. The lowest BCUT2D eigenvalue weighted by atomic mass is 9.44. The molecule has 0 saturated heterocycles. The van der Waals surface area contributed by atoms with Gasteiger partial charge in [0.15, 0.2) is 17.2 Å². The summed E-state index contributed by atoms with van der Waals surface area (Å²) in [6.07, 6.45) is 4.44. The summed E-state index contributed by atoms with van der Waals surface area (Å²) in [5, 5.41) is 32.0. The second kappa shape index (κ2) is 5.83. The van der Waals surface area contributed by atoms with Gasteiger partial charge in [-0.2, -0.15) is 0 Å². The molecule has 0 aliphatic heterocycles. The molecule has 0 bridgehead atoms. The Balaban J connectivity index is 1.84. The number of carbonyl (C=O) groups is 2. The third-order valence-corrected chi connectivity index (χ3v) is 8.79. The van der Waals surface area contributed by atoms with E-state index in [0.29, 0.717) is 24.8 Å². The second-order valence-corrected chi connectivity index (χ2v) is 9.75. The molecule has 3 saturated carbocycles. The van der Waals surface area contributed by atoms with Gasteiger partial charge in [-0.05, 0) is 56.6 Å². The number of allylic oxidation sites excluding steroid dienone is 4. The summed E-state index contributed by atoms with van der Waals surface area (Å²) in [6.45, 7) is 4.48. The van der Waals surface area contributed by atoms with Crippen LogP contribution < -0.4 is 0 Å². The third kappa shape index (κ3) is 2.01. The normalized spacial score (nSPS) is 52.5. The van der Waals surface area contributed by atoms with Crippen molar-refractivity contribution >= 4 is 11.6 Å². The van der Waals surface area contributed by atoms with Crippen molar-refractivity contribution in [3.8, 4) is 0 Å². The number of alkyl halides is 1. The largest absolute Gasteiger partial charge is 0.390 e. The van der Waals surface area contributed by atoms with Crippen LogP contribution >= 0.6 is 0 Å². The Morgan fingerprint density at radius 2 is 2.00 bits per heavy atom. The molecule has 4 aliphatic carbocycles. The molecule has 5 nitrogen and oxygen atoms in total. The number of hydrogen-bond acceptors (Lipinski definition) is 5. The van der Waals surface area contributed by atoms with Crippen LogP contribution in [0.2, 0.25) is 0 Å². The molecule has 0 aromatic carbocycles. The van der Waals surface area contributed by atoms with Crippen LogP contribution in [0.25, 0.3) is 0 Å². The molecule has 0 aromatic heterocycles. The van der Waals surface area contributed by atoms with Crippen molar-refractivity contribution in [2.45, 2.75) is 63.8 Å². The average molecular weight is 392 g/mol. The minimum atomic E-state index is -1.98. The topological polar surface area (TPSA) is 94.8 Å². The number of fused-ring (bicyclic) bond motifs is 5. The predicted octanol–water partition coefficient (Wildman–Crippen LogP) is 1.90. The molecule has 4 aliphatic rings. The summed E-state index contributed by atoms with van der Waals surface area (Å²) in [5.74, 6) is -2.12. The first-order chi connectivity index (χ1) is 13.0. The highest BCUT2D eigenvalue weighted by molar-refractivity contribution is 6.01. The van der Waals surface area contributed by atoms with Crippen LogP contribution in [-0.4, -0.2) is 50.9 Å². The van der Waals surface area contributed by atoms with E-state index in [1.54, 1.807) is 26.8 Å². The first-order valence-corrected chi connectivity index (χ1v) is 10.1. The van der Waals surface area contributed by atoms with E-state index in [9.17, 15) is 24.9 Å². The second-order valence-electron chi connectivity index (χ2n) is 9.75. The highest BCUT2D eigenvalue weighted by Crippen LogP contribution is 2.70.